The number of carbonyl (C=O) groups is 4. The van der Waals surface area contributed by atoms with Crippen molar-refractivity contribution in [3.63, 3.8) is 0 Å². The van der Waals surface area contributed by atoms with Crippen molar-refractivity contribution in [2.45, 2.75) is 17.1 Å². The highest BCUT2D eigenvalue weighted by molar-refractivity contribution is 8.00. The minimum atomic E-state index is -1.14. The summed E-state index contributed by atoms with van der Waals surface area (Å²) in [5.74, 6) is -2.19. The third-order valence-corrected chi connectivity index (χ3v) is 7.03. The van der Waals surface area contributed by atoms with Gasteiger partial charge in [0.2, 0.25) is 5.91 Å². The molecule has 4 rings (SSSR count). The lowest BCUT2D eigenvalue weighted by molar-refractivity contribution is -0.115. The molecule has 1 unspecified atom stereocenters. The predicted molar refractivity (Wildman–Crippen MR) is 158 cm³/mol. The summed E-state index contributed by atoms with van der Waals surface area (Å²) in [7, 11) is 0. The van der Waals surface area contributed by atoms with Crippen LogP contribution in [0.15, 0.2) is 106 Å². The van der Waals surface area contributed by atoms with Gasteiger partial charge in [-0.1, -0.05) is 35.9 Å². The molecular weight excluding hydrogens is 566 g/mol. The second-order valence-electron chi connectivity index (χ2n) is 8.62. The molecule has 11 heteroatoms. The SMILES string of the molecule is CC(Sc1cccc(NC(=O)/C(=C/c2ccco2)NC(=O)c2ccccc2)c1)C(=O)Nc1cc(C(=O)O)ccc1Cl. The van der Waals surface area contributed by atoms with Crippen molar-refractivity contribution in [3.8, 4) is 0 Å². The number of aromatic carboxylic acids is 1. The molecule has 0 spiro atoms. The molecule has 0 fully saturated rings. The van der Waals surface area contributed by atoms with Crippen molar-refractivity contribution in [2.75, 3.05) is 10.6 Å². The quantitative estimate of drug-likeness (QED) is 0.128. The smallest absolute Gasteiger partial charge is 0.335 e. The average molecular weight is 590 g/mol. The van der Waals surface area contributed by atoms with Crippen molar-refractivity contribution >= 4 is 64.5 Å². The van der Waals surface area contributed by atoms with E-state index in [0.29, 0.717) is 21.9 Å². The summed E-state index contributed by atoms with van der Waals surface area (Å²) >= 11 is 7.35. The van der Waals surface area contributed by atoms with Crippen LogP contribution in [0, 0.1) is 0 Å². The van der Waals surface area contributed by atoms with Crippen LogP contribution in [-0.2, 0) is 9.59 Å². The van der Waals surface area contributed by atoms with Gasteiger partial charge in [-0.25, -0.2) is 4.79 Å². The minimum Gasteiger partial charge on any atom is -0.478 e. The maximum absolute atomic E-state index is 13.2. The van der Waals surface area contributed by atoms with Crippen LogP contribution in [0.4, 0.5) is 11.4 Å². The number of nitrogens with one attached hydrogen (secondary N) is 3. The van der Waals surface area contributed by atoms with Gasteiger partial charge < -0.3 is 25.5 Å². The molecule has 0 bridgehead atoms. The second-order valence-corrected chi connectivity index (χ2v) is 10.4. The number of hydrogen-bond acceptors (Lipinski definition) is 6. The number of hydrogen-bond donors (Lipinski definition) is 4. The number of carboxylic acid groups (broad SMARTS) is 1. The molecule has 4 aromatic rings. The average Bonchev–Trinajstić information content (AvgIpc) is 3.47. The van der Waals surface area contributed by atoms with Crippen LogP contribution in [0.5, 0.6) is 0 Å². The van der Waals surface area contributed by atoms with Gasteiger partial charge in [-0.05, 0) is 67.6 Å². The normalized spacial score (nSPS) is 11.8. The zero-order chi connectivity index (χ0) is 29.4. The molecule has 4 N–H and O–H groups in total. The Morgan fingerprint density at radius 3 is 2.39 bits per heavy atom. The van der Waals surface area contributed by atoms with E-state index >= 15 is 0 Å². The number of halogens is 1. The fraction of sp³-hybridized carbons (Fsp3) is 0.0667. The molecule has 0 aliphatic carbocycles. The maximum Gasteiger partial charge on any atom is 0.335 e. The summed E-state index contributed by atoms with van der Waals surface area (Å²) in [4.78, 5) is 50.7. The predicted octanol–water partition coefficient (Wildman–Crippen LogP) is 6.16. The summed E-state index contributed by atoms with van der Waals surface area (Å²) < 4.78 is 5.32. The van der Waals surface area contributed by atoms with Crippen molar-refractivity contribution in [2.24, 2.45) is 0 Å². The van der Waals surface area contributed by atoms with E-state index < -0.39 is 23.0 Å². The Hall–Kier alpha value is -4.80. The van der Waals surface area contributed by atoms with Gasteiger partial charge in [0.15, 0.2) is 0 Å². The van der Waals surface area contributed by atoms with Crippen LogP contribution < -0.4 is 16.0 Å². The highest BCUT2D eigenvalue weighted by atomic mass is 35.5. The van der Waals surface area contributed by atoms with Gasteiger partial charge in [-0.2, -0.15) is 0 Å². The first kappa shape index (κ1) is 29.2. The first-order chi connectivity index (χ1) is 19.7. The standard InChI is InChI=1S/C30H24ClN3O6S/c1-18(27(35)33-25-15-20(30(38)39)12-13-24(25)31)41-23-11-5-9-21(16-23)32-29(37)26(17-22-10-6-14-40-22)34-28(36)19-7-3-2-4-8-19/h2-18H,1H3,(H,32,37)(H,33,35)(H,34,36)(H,38,39)/b26-17-. The van der Waals surface area contributed by atoms with Crippen molar-refractivity contribution in [1.29, 1.82) is 0 Å². The maximum atomic E-state index is 13.2. The monoisotopic (exact) mass is 589 g/mol. The van der Waals surface area contributed by atoms with Crippen molar-refractivity contribution < 1.29 is 28.7 Å². The number of thioether (sulfide) groups is 1. The number of anilines is 2. The number of carboxylic acids is 1. The van der Waals surface area contributed by atoms with E-state index in [-0.39, 0.29) is 27.9 Å². The Bertz CT molecular complexity index is 1610. The molecule has 3 amide bonds. The Labute approximate surface area is 244 Å². The summed E-state index contributed by atoms with van der Waals surface area (Å²) in [6.07, 6.45) is 2.88. The summed E-state index contributed by atoms with van der Waals surface area (Å²) in [6.45, 7) is 1.68. The number of furan rings is 1. The van der Waals surface area contributed by atoms with E-state index in [2.05, 4.69) is 16.0 Å². The van der Waals surface area contributed by atoms with Gasteiger partial charge in [0.1, 0.15) is 11.5 Å². The van der Waals surface area contributed by atoms with Gasteiger partial charge in [-0.3, -0.25) is 14.4 Å². The van der Waals surface area contributed by atoms with Crippen molar-refractivity contribution in [3.05, 3.63) is 119 Å². The first-order valence-corrected chi connectivity index (χ1v) is 13.5. The Kier molecular flexibility index (Phi) is 9.62. The van der Waals surface area contributed by atoms with E-state index in [9.17, 15) is 24.3 Å². The molecule has 0 saturated heterocycles. The fourth-order valence-electron chi connectivity index (χ4n) is 3.55. The van der Waals surface area contributed by atoms with Crippen molar-refractivity contribution in [1.82, 2.24) is 5.32 Å². The second kappa shape index (κ2) is 13.5. The van der Waals surface area contributed by atoms with Gasteiger partial charge in [0, 0.05) is 22.2 Å². The molecule has 0 saturated carbocycles. The molecule has 208 valence electrons. The molecule has 1 heterocycles. The Balaban J connectivity index is 1.45. The highest BCUT2D eigenvalue weighted by Gasteiger charge is 2.19. The summed E-state index contributed by atoms with van der Waals surface area (Å²) in [6, 6.07) is 22.7. The third kappa shape index (κ3) is 8.10. The molecular formula is C30H24ClN3O6S. The lowest BCUT2D eigenvalue weighted by Gasteiger charge is -2.15. The zero-order valence-electron chi connectivity index (χ0n) is 21.6. The number of carbonyl (C=O) groups excluding carboxylic acids is 3. The van der Waals surface area contributed by atoms with Crippen LogP contribution in [0.3, 0.4) is 0 Å². The molecule has 9 nitrogen and oxygen atoms in total. The topological polar surface area (TPSA) is 138 Å². The van der Waals surface area contributed by atoms with Crippen LogP contribution in [0.2, 0.25) is 5.02 Å². The third-order valence-electron chi connectivity index (χ3n) is 5.60. The van der Waals surface area contributed by atoms with Crippen LogP contribution in [0.25, 0.3) is 6.08 Å². The molecule has 1 atom stereocenters. The molecule has 3 aromatic carbocycles. The van der Waals surface area contributed by atoms with E-state index in [1.54, 1.807) is 73.7 Å². The van der Waals surface area contributed by atoms with E-state index in [1.165, 1.54) is 42.3 Å². The molecule has 0 aliphatic heterocycles. The molecule has 1 aromatic heterocycles. The highest BCUT2D eigenvalue weighted by Crippen LogP contribution is 2.29. The van der Waals surface area contributed by atoms with Gasteiger partial charge in [0.25, 0.3) is 11.8 Å². The molecule has 41 heavy (non-hydrogen) atoms. The van der Waals surface area contributed by atoms with E-state index in [4.69, 9.17) is 16.0 Å². The summed E-state index contributed by atoms with van der Waals surface area (Å²) in [5.41, 5.74) is 0.976. The molecule has 0 radical (unpaired) electrons. The first-order valence-electron chi connectivity index (χ1n) is 12.2. The zero-order valence-corrected chi connectivity index (χ0v) is 23.2. The van der Waals surface area contributed by atoms with Gasteiger partial charge >= 0.3 is 5.97 Å². The van der Waals surface area contributed by atoms with E-state index in [0.717, 1.165) is 0 Å². The minimum absolute atomic E-state index is 0.00567. The van der Waals surface area contributed by atoms with Gasteiger partial charge in [0.05, 0.1) is 27.8 Å². The lowest BCUT2D eigenvalue weighted by atomic mass is 10.2. The van der Waals surface area contributed by atoms with E-state index in [1.807, 2.05) is 0 Å². The summed E-state index contributed by atoms with van der Waals surface area (Å²) in [5, 5.41) is 16.9. The van der Waals surface area contributed by atoms with Crippen LogP contribution >= 0.6 is 23.4 Å². The fourth-order valence-corrected chi connectivity index (χ4v) is 4.64. The molecule has 0 aliphatic rings. The van der Waals surface area contributed by atoms with Gasteiger partial charge in [-0.15, -0.1) is 11.8 Å². The largest absolute Gasteiger partial charge is 0.478 e. The Morgan fingerprint density at radius 2 is 1.68 bits per heavy atom. The number of amides is 3. The van der Waals surface area contributed by atoms with Crippen LogP contribution in [-0.4, -0.2) is 34.0 Å². The number of rotatable bonds is 10. The lowest BCUT2D eigenvalue weighted by Crippen LogP contribution is -2.30. The Morgan fingerprint density at radius 1 is 0.902 bits per heavy atom. The number of benzene rings is 3. The van der Waals surface area contributed by atoms with Crippen LogP contribution in [0.1, 0.15) is 33.4 Å².